The molecule has 0 unspecified atom stereocenters. The number of nitrogens with zero attached hydrogens (tertiary/aromatic N) is 1. The SMILES string of the molecule is COc1cc(C(=O)N2CCCc3cc(S(C)(=O)=O)ccc32)ccc1OCC(=O)NC(C)C. The third-order valence-corrected chi connectivity index (χ3v) is 6.17. The zero-order valence-corrected chi connectivity index (χ0v) is 19.5. The second-order valence-electron chi connectivity index (χ2n) is 8.00. The number of benzene rings is 2. The highest BCUT2D eigenvalue weighted by molar-refractivity contribution is 7.90. The molecule has 0 aliphatic carbocycles. The number of amides is 2. The zero-order valence-electron chi connectivity index (χ0n) is 18.7. The van der Waals surface area contributed by atoms with Gasteiger partial charge in [-0.25, -0.2) is 8.42 Å². The van der Waals surface area contributed by atoms with Crippen LogP contribution in [0, 0.1) is 0 Å². The van der Waals surface area contributed by atoms with Crippen LogP contribution in [0.3, 0.4) is 0 Å². The van der Waals surface area contributed by atoms with Crippen molar-refractivity contribution in [3.63, 3.8) is 0 Å². The first-order valence-corrected chi connectivity index (χ1v) is 12.2. The number of methoxy groups -OCH3 is 1. The number of hydrogen-bond donors (Lipinski definition) is 1. The number of rotatable bonds is 7. The summed E-state index contributed by atoms with van der Waals surface area (Å²) in [5.74, 6) is 0.235. The second kappa shape index (κ2) is 9.60. The smallest absolute Gasteiger partial charge is 0.258 e. The van der Waals surface area contributed by atoms with E-state index >= 15 is 0 Å². The Balaban J connectivity index is 1.82. The predicted molar refractivity (Wildman–Crippen MR) is 121 cm³/mol. The van der Waals surface area contributed by atoms with Crippen molar-refractivity contribution in [3.8, 4) is 11.5 Å². The lowest BCUT2D eigenvalue weighted by atomic mass is 10.0. The summed E-state index contributed by atoms with van der Waals surface area (Å²) in [7, 11) is -1.86. The van der Waals surface area contributed by atoms with E-state index in [4.69, 9.17) is 9.47 Å². The molecule has 0 atom stereocenters. The molecule has 3 rings (SSSR count). The first-order chi connectivity index (χ1) is 15.1. The van der Waals surface area contributed by atoms with Crippen LogP contribution >= 0.6 is 0 Å². The van der Waals surface area contributed by atoms with Crippen LogP contribution < -0.4 is 19.7 Å². The molecule has 2 aromatic carbocycles. The fraction of sp³-hybridized carbons (Fsp3) is 0.391. The summed E-state index contributed by atoms with van der Waals surface area (Å²) in [5, 5.41) is 2.74. The van der Waals surface area contributed by atoms with Crippen molar-refractivity contribution in [1.82, 2.24) is 5.32 Å². The Morgan fingerprint density at radius 2 is 1.88 bits per heavy atom. The lowest BCUT2D eigenvalue weighted by molar-refractivity contribution is -0.123. The van der Waals surface area contributed by atoms with E-state index in [9.17, 15) is 18.0 Å². The van der Waals surface area contributed by atoms with Gasteiger partial charge in [0.05, 0.1) is 12.0 Å². The lowest BCUT2D eigenvalue weighted by Crippen LogP contribution is -2.35. The van der Waals surface area contributed by atoms with Crippen molar-refractivity contribution in [1.29, 1.82) is 0 Å². The van der Waals surface area contributed by atoms with Gasteiger partial charge in [0.1, 0.15) is 0 Å². The number of nitrogens with one attached hydrogen (secondary N) is 1. The number of anilines is 1. The summed E-state index contributed by atoms with van der Waals surface area (Å²) in [5.41, 5.74) is 1.94. The molecular formula is C23H28N2O6S. The van der Waals surface area contributed by atoms with Crippen LogP contribution in [0.2, 0.25) is 0 Å². The normalized spacial score (nSPS) is 13.5. The van der Waals surface area contributed by atoms with Gasteiger partial charge in [-0.3, -0.25) is 9.59 Å². The minimum atomic E-state index is -3.32. The van der Waals surface area contributed by atoms with Crippen molar-refractivity contribution in [2.45, 2.75) is 37.6 Å². The molecule has 32 heavy (non-hydrogen) atoms. The van der Waals surface area contributed by atoms with Gasteiger partial charge in [-0.15, -0.1) is 0 Å². The van der Waals surface area contributed by atoms with Gasteiger partial charge in [0.25, 0.3) is 11.8 Å². The molecule has 0 aromatic heterocycles. The Bertz CT molecular complexity index is 1130. The van der Waals surface area contributed by atoms with E-state index in [-0.39, 0.29) is 29.4 Å². The molecule has 0 bridgehead atoms. The second-order valence-corrected chi connectivity index (χ2v) is 10.0. The minimum Gasteiger partial charge on any atom is -0.493 e. The van der Waals surface area contributed by atoms with E-state index in [1.165, 1.54) is 19.4 Å². The van der Waals surface area contributed by atoms with E-state index in [0.29, 0.717) is 35.7 Å². The average molecular weight is 461 g/mol. The first kappa shape index (κ1) is 23.6. The van der Waals surface area contributed by atoms with E-state index < -0.39 is 9.84 Å². The van der Waals surface area contributed by atoms with Gasteiger partial charge in [0.15, 0.2) is 27.9 Å². The van der Waals surface area contributed by atoms with Crippen molar-refractivity contribution in [3.05, 3.63) is 47.5 Å². The molecule has 0 radical (unpaired) electrons. The Hall–Kier alpha value is -3.07. The van der Waals surface area contributed by atoms with Crippen LogP contribution in [0.5, 0.6) is 11.5 Å². The molecule has 1 aliphatic heterocycles. The Labute approximate surface area is 188 Å². The maximum Gasteiger partial charge on any atom is 0.258 e. The van der Waals surface area contributed by atoms with Gasteiger partial charge < -0.3 is 19.7 Å². The number of carbonyl (C=O) groups is 2. The van der Waals surface area contributed by atoms with Crippen molar-refractivity contribution in [2.75, 3.05) is 31.4 Å². The maximum atomic E-state index is 13.3. The number of aryl methyl sites for hydroxylation is 1. The molecule has 0 spiro atoms. The number of hydrogen-bond acceptors (Lipinski definition) is 6. The van der Waals surface area contributed by atoms with Crippen molar-refractivity contribution >= 4 is 27.3 Å². The third-order valence-electron chi connectivity index (χ3n) is 5.06. The lowest BCUT2D eigenvalue weighted by Gasteiger charge is -2.30. The number of carbonyl (C=O) groups excluding carboxylic acids is 2. The summed E-state index contributed by atoms with van der Waals surface area (Å²) in [4.78, 5) is 27.0. The van der Waals surface area contributed by atoms with Crippen LogP contribution in [0.25, 0.3) is 0 Å². The van der Waals surface area contributed by atoms with Gasteiger partial charge >= 0.3 is 0 Å². The summed E-state index contributed by atoms with van der Waals surface area (Å²) in [6, 6.07) is 9.67. The minimum absolute atomic E-state index is 0.00827. The molecule has 2 amide bonds. The Morgan fingerprint density at radius 1 is 1.12 bits per heavy atom. The Morgan fingerprint density at radius 3 is 2.53 bits per heavy atom. The predicted octanol–water partition coefficient (Wildman–Crippen LogP) is 2.60. The highest BCUT2D eigenvalue weighted by Crippen LogP contribution is 2.33. The molecule has 0 fully saturated rings. The number of sulfone groups is 1. The van der Waals surface area contributed by atoms with Crippen molar-refractivity contribution in [2.24, 2.45) is 0 Å². The highest BCUT2D eigenvalue weighted by Gasteiger charge is 2.25. The fourth-order valence-corrected chi connectivity index (χ4v) is 4.27. The molecule has 1 N–H and O–H groups in total. The largest absolute Gasteiger partial charge is 0.493 e. The molecular weight excluding hydrogens is 432 g/mol. The molecule has 9 heteroatoms. The molecule has 0 saturated carbocycles. The van der Waals surface area contributed by atoms with E-state index in [1.807, 2.05) is 13.8 Å². The van der Waals surface area contributed by atoms with Gasteiger partial charge in [-0.1, -0.05) is 0 Å². The third kappa shape index (κ3) is 5.40. The van der Waals surface area contributed by atoms with Gasteiger partial charge in [0, 0.05) is 30.1 Å². The van der Waals surface area contributed by atoms with Crippen LogP contribution in [0.15, 0.2) is 41.3 Å². The maximum absolute atomic E-state index is 13.3. The Kier molecular flexibility index (Phi) is 7.08. The monoisotopic (exact) mass is 460 g/mol. The summed E-state index contributed by atoms with van der Waals surface area (Å²) >= 11 is 0. The summed E-state index contributed by atoms with van der Waals surface area (Å²) in [6.07, 6.45) is 2.61. The molecule has 8 nitrogen and oxygen atoms in total. The highest BCUT2D eigenvalue weighted by atomic mass is 32.2. The van der Waals surface area contributed by atoms with Crippen LogP contribution in [0.4, 0.5) is 5.69 Å². The first-order valence-electron chi connectivity index (χ1n) is 10.3. The molecule has 0 saturated heterocycles. The van der Waals surface area contributed by atoms with Gasteiger partial charge in [0.2, 0.25) is 0 Å². The van der Waals surface area contributed by atoms with E-state index in [0.717, 1.165) is 12.0 Å². The van der Waals surface area contributed by atoms with Crippen LogP contribution in [0.1, 0.15) is 36.2 Å². The molecule has 2 aromatic rings. The topological polar surface area (TPSA) is 102 Å². The molecule has 1 aliphatic rings. The average Bonchev–Trinajstić information content (AvgIpc) is 2.75. The van der Waals surface area contributed by atoms with E-state index in [1.54, 1.807) is 35.2 Å². The summed E-state index contributed by atoms with van der Waals surface area (Å²) in [6.45, 7) is 4.09. The standard InChI is InChI=1S/C23H28N2O6S/c1-15(2)24-22(26)14-31-20-10-7-17(13-21(20)30-3)23(27)25-11-5-6-16-12-18(32(4,28)29)8-9-19(16)25/h7-10,12-13,15H,5-6,11,14H2,1-4H3,(H,24,26). The summed E-state index contributed by atoms with van der Waals surface area (Å²) < 4.78 is 34.7. The van der Waals surface area contributed by atoms with Crippen molar-refractivity contribution < 1.29 is 27.5 Å². The van der Waals surface area contributed by atoms with Crippen LogP contribution in [-0.4, -0.2) is 52.8 Å². The number of ether oxygens (including phenoxy) is 2. The van der Waals surface area contributed by atoms with E-state index in [2.05, 4.69) is 5.32 Å². The molecule has 172 valence electrons. The van der Waals surface area contributed by atoms with Gasteiger partial charge in [-0.2, -0.15) is 0 Å². The quantitative estimate of drug-likeness (QED) is 0.682. The number of fused-ring (bicyclic) bond motifs is 1. The molecule has 1 heterocycles. The van der Waals surface area contributed by atoms with Crippen LogP contribution in [-0.2, 0) is 21.1 Å². The fourth-order valence-electron chi connectivity index (χ4n) is 3.60. The zero-order chi connectivity index (χ0) is 23.5. The van der Waals surface area contributed by atoms with Gasteiger partial charge in [-0.05, 0) is 68.7 Å².